The van der Waals surface area contributed by atoms with E-state index in [-0.39, 0.29) is 23.7 Å². The molecule has 2 aromatic rings. The Labute approximate surface area is 154 Å². The number of fused-ring (bicyclic) bond motifs is 4. The molecule has 1 aromatic carbocycles. The number of aliphatic hydroxyl groups is 1. The zero-order valence-corrected chi connectivity index (χ0v) is 15.4. The molecule has 0 spiro atoms. The number of aliphatic hydroxyl groups excluding tert-OH is 1. The summed E-state index contributed by atoms with van der Waals surface area (Å²) in [6.07, 6.45) is 9.29. The molecule has 3 aliphatic rings. The van der Waals surface area contributed by atoms with Crippen LogP contribution in [0.4, 0.5) is 4.39 Å². The number of aromatic nitrogens is 1. The topological polar surface area (TPSA) is 54.3 Å². The van der Waals surface area contributed by atoms with Crippen molar-refractivity contribution in [2.45, 2.75) is 45.1 Å². The fourth-order valence-electron chi connectivity index (χ4n) is 5.02. The van der Waals surface area contributed by atoms with Crippen molar-refractivity contribution < 1.29 is 14.3 Å². The Morgan fingerprint density at radius 2 is 2.00 bits per heavy atom. The quantitative estimate of drug-likeness (QED) is 0.802. The first-order valence-corrected chi connectivity index (χ1v) is 9.69. The number of hydrogen-bond donors (Lipinski definition) is 2. The third kappa shape index (κ3) is 3.04. The van der Waals surface area contributed by atoms with Crippen LogP contribution in [0.5, 0.6) is 0 Å². The number of nitrogens with one attached hydrogen (secondary N) is 1. The van der Waals surface area contributed by atoms with E-state index in [9.17, 15) is 14.3 Å². The molecule has 1 heterocycles. The van der Waals surface area contributed by atoms with Gasteiger partial charge >= 0.3 is 0 Å². The summed E-state index contributed by atoms with van der Waals surface area (Å²) in [4.78, 5) is 12.9. The predicted octanol–water partition coefficient (Wildman–Crippen LogP) is 1.73. The van der Waals surface area contributed by atoms with Crippen LogP contribution in [0.1, 0.15) is 48.9 Å². The Kier molecular flexibility index (Phi) is 4.55. The van der Waals surface area contributed by atoms with E-state index in [0.29, 0.717) is 17.6 Å². The monoisotopic (exact) mass is 356 g/mol. The summed E-state index contributed by atoms with van der Waals surface area (Å²) >= 11 is 0. The van der Waals surface area contributed by atoms with Crippen LogP contribution in [0.15, 0.2) is 18.3 Å². The average Bonchev–Trinajstić information content (AvgIpc) is 3.00. The second-order valence-corrected chi connectivity index (χ2v) is 8.24. The maximum atomic E-state index is 13.8. The van der Waals surface area contributed by atoms with E-state index >= 15 is 0 Å². The van der Waals surface area contributed by atoms with E-state index in [1.54, 1.807) is 10.8 Å². The molecule has 1 aromatic heterocycles. The Morgan fingerprint density at radius 1 is 1.31 bits per heavy atom. The van der Waals surface area contributed by atoms with Gasteiger partial charge in [0, 0.05) is 24.7 Å². The lowest BCUT2D eigenvalue weighted by Gasteiger charge is -2.46. The highest BCUT2D eigenvalue weighted by atomic mass is 19.1. The lowest BCUT2D eigenvalue weighted by molar-refractivity contribution is 0.0598. The molecule has 138 valence electrons. The molecule has 5 rings (SSSR count). The van der Waals surface area contributed by atoms with Crippen LogP contribution in [-0.2, 0) is 6.54 Å². The van der Waals surface area contributed by atoms with Gasteiger partial charge in [-0.1, -0.05) is 5.46 Å². The fourth-order valence-corrected chi connectivity index (χ4v) is 5.02. The van der Waals surface area contributed by atoms with E-state index in [0.717, 1.165) is 23.3 Å². The summed E-state index contributed by atoms with van der Waals surface area (Å²) in [6.45, 7) is 1.02. The smallest absolute Gasteiger partial charge is 0.253 e. The molecule has 6 heteroatoms. The number of nitrogens with zero attached hydrogens (tertiary/aromatic N) is 1. The summed E-state index contributed by atoms with van der Waals surface area (Å²) in [5.41, 5.74) is 2.26. The molecule has 2 N–H and O–H groups in total. The molecule has 26 heavy (non-hydrogen) atoms. The minimum atomic E-state index is -0.322. The minimum absolute atomic E-state index is 0.0509. The zero-order valence-electron chi connectivity index (χ0n) is 15.4. The van der Waals surface area contributed by atoms with Crippen molar-refractivity contribution in [3.8, 4) is 0 Å². The van der Waals surface area contributed by atoms with Gasteiger partial charge in [-0.3, -0.25) is 4.79 Å². The zero-order chi connectivity index (χ0) is 18.3. The molecule has 2 bridgehead atoms. The molecule has 3 saturated carbocycles. The minimum Gasteiger partial charge on any atom is -0.395 e. The number of rotatable bonds is 5. The lowest BCUT2D eigenvalue weighted by Crippen LogP contribution is -2.43. The highest BCUT2D eigenvalue weighted by molar-refractivity contribution is 6.40. The van der Waals surface area contributed by atoms with Gasteiger partial charge in [-0.25, -0.2) is 4.39 Å². The van der Waals surface area contributed by atoms with E-state index < -0.39 is 0 Å². The number of benzene rings is 1. The van der Waals surface area contributed by atoms with Crippen molar-refractivity contribution in [1.82, 2.24) is 9.88 Å². The summed E-state index contributed by atoms with van der Waals surface area (Å²) < 4.78 is 15.6. The summed E-state index contributed by atoms with van der Waals surface area (Å²) in [5.74, 6) is 0.488. The van der Waals surface area contributed by atoms with Crippen molar-refractivity contribution in [1.29, 1.82) is 0 Å². The first kappa shape index (κ1) is 17.6. The van der Waals surface area contributed by atoms with Crippen molar-refractivity contribution in [2.24, 2.45) is 11.3 Å². The van der Waals surface area contributed by atoms with E-state index in [1.165, 1.54) is 50.7 Å². The number of carbonyl (C=O) groups excluding carboxylic acids is 1. The lowest BCUT2D eigenvalue weighted by atomic mass is 9.61. The standard InChI is InChI=1S/C20H26BFN2O2/c21-16-9-14(22)10-17-18(16)15(11-24(17)7-8-25)19(26)23-12-20-4-1-13(2-5-20)3-6-20/h9-11,13,25H,1-8,12,21H2,(H,23,26). The van der Waals surface area contributed by atoms with Gasteiger partial charge in [-0.05, 0) is 62.0 Å². The maximum absolute atomic E-state index is 13.8. The van der Waals surface area contributed by atoms with Crippen LogP contribution in [0, 0.1) is 17.2 Å². The predicted molar refractivity (Wildman–Crippen MR) is 103 cm³/mol. The van der Waals surface area contributed by atoms with Gasteiger partial charge in [-0.15, -0.1) is 0 Å². The van der Waals surface area contributed by atoms with Gasteiger partial charge in [0.1, 0.15) is 13.7 Å². The molecule has 0 atom stereocenters. The normalized spacial score (nSPS) is 24.9. The highest BCUT2D eigenvalue weighted by Crippen LogP contribution is 2.49. The van der Waals surface area contributed by atoms with Gasteiger partial charge < -0.3 is 15.0 Å². The molecule has 0 aliphatic heterocycles. The van der Waals surface area contributed by atoms with E-state index in [1.807, 2.05) is 7.85 Å². The van der Waals surface area contributed by atoms with Gasteiger partial charge in [0.05, 0.1) is 17.7 Å². The van der Waals surface area contributed by atoms with Crippen molar-refractivity contribution in [2.75, 3.05) is 13.2 Å². The van der Waals surface area contributed by atoms with Crippen LogP contribution in [0.2, 0.25) is 0 Å². The van der Waals surface area contributed by atoms with Gasteiger partial charge in [-0.2, -0.15) is 0 Å². The highest BCUT2D eigenvalue weighted by Gasteiger charge is 2.40. The Morgan fingerprint density at radius 3 is 2.65 bits per heavy atom. The Bertz CT molecular complexity index is 826. The molecular weight excluding hydrogens is 330 g/mol. The van der Waals surface area contributed by atoms with Crippen LogP contribution >= 0.6 is 0 Å². The number of carbonyl (C=O) groups is 1. The van der Waals surface area contributed by atoms with Crippen LogP contribution < -0.4 is 10.8 Å². The SMILES string of the molecule is Bc1cc(F)cc2c1c(C(=O)NCC13CCC(CC1)CC3)cn2CCO. The molecular formula is C20H26BFN2O2. The van der Waals surface area contributed by atoms with E-state index in [4.69, 9.17) is 0 Å². The number of amides is 1. The van der Waals surface area contributed by atoms with Crippen molar-refractivity contribution in [3.05, 3.63) is 29.7 Å². The van der Waals surface area contributed by atoms with Crippen LogP contribution in [0.3, 0.4) is 0 Å². The Hall–Kier alpha value is -1.82. The van der Waals surface area contributed by atoms with Crippen LogP contribution in [0.25, 0.3) is 10.9 Å². The first-order valence-electron chi connectivity index (χ1n) is 9.69. The maximum Gasteiger partial charge on any atom is 0.253 e. The largest absolute Gasteiger partial charge is 0.395 e. The van der Waals surface area contributed by atoms with Crippen molar-refractivity contribution in [3.63, 3.8) is 0 Å². The van der Waals surface area contributed by atoms with E-state index in [2.05, 4.69) is 5.32 Å². The molecule has 0 saturated heterocycles. The third-order valence-corrected chi connectivity index (χ3v) is 6.60. The number of halogens is 1. The second kappa shape index (κ2) is 6.73. The second-order valence-electron chi connectivity index (χ2n) is 8.24. The van der Waals surface area contributed by atoms with Gasteiger partial charge in [0.2, 0.25) is 0 Å². The van der Waals surface area contributed by atoms with Crippen LogP contribution in [-0.4, -0.2) is 36.6 Å². The third-order valence-electron chi connectivity index (χ3n) is 6.60. The van der Waals surface area contributed by atoms with Gasteiger partial charge in [0.25, 0.3) is 5.91 Å². The fraction of sp³-hybridized carbons (Fsp3) is 0.550. The first-order chi connectivity index (χ1) is 12.5. The molecule has 4 nitrogen and oxygen atoms in total. The molecule has 0 unspecified atom stereocenters. The van der Waals surface area contributed by atoms with Crippen molar-refractivity contribution >= 4 is 30.1 Å². The Balaban J connectivity index is 1.60. The average molecular weight is 356 g/mol. The summed E-state index contributed by atoms with van der Waals surface area (Å²) in [7, 11) is 1.83. The molecule has 0 radical (unpaired) electrons. The summed E-state index contributed by atoms with van der Waals surface area (Å²) in [6, 6.07) is 2.90. The molecule has 1 amide bonds. The summed E-state index contributed by atoms with van der Waals surface area (Å²) in [5, 5.41) is 13.2. The molecule has 3 aliphatic carbocycles. The number of hydrogen-bond acceptors (Lipinski definition) is 2. The van der Waals surface area contributed by atoms with Gasteiger partial charge in [0.15, 0.2) is 0 Å². The molecule has 3 fully saturated rings.